The summed E-state index contributed by atoms with van der Waals surface area (Å²) in [4.78, 5) is 27.4. The smallest absolute Gasteiger partial charge is 0.296 e. The lowest BCUT2D eigenvalue weighted by molar-refractivity contribution is -0.120. The van der Waals surface area contributed by atoms with Gasteiger partial charge in [-0.2, -0.15) is 9.40 Å². The molecule has 0 saturated carbocycles. The van der Waals surface area contributed by atoms with Gasteiger partial charge in [0.05, 0.1) is 23.7 Å². The Labute approximate surface area is 169 Å². The monoisotopic (exact) mass is 420 g/mol. The molecule has 156 valence electrons. The molecule has 0 unspecified atom stereocenters. The van der Waals surface area contributed by atoms with Crippen LogP contribution >= 0.6 is 0 Å². The van der Waals surface area contributed by atoms with Crippen molar-refractivity contribution < 1.29 is 18.0 Å². The Bertz CT molecular complexity index is 1070. The van der Waals surface area contributed by atoms with E-state index in [1.807, 2.05) is 25.3 Å². The normalized spacial score (nSPS) is 22.3. The largest absolute Gasteiger partial charge is 0.328 e. The van der Waals surface area contributed by atoms with E-state index in [1.54, 1.807) is 10.7 Å². The Morgan fingerprint density at radius 1 is 1.24 bits per heavy atom. The molecule has 4 heterocycles. The molecule has 0 spiro atoms. The van der Waals surface area contributed by atoms with Crippen LogP contribution in [-0.4, -0.2) is 77.7 Å². The van der Waals surface area contributed by atoms with Gasteiger partial charge in [-0.15, -0.1) is 0 Å². The van der Waals surface area contributed by atoms with E-state index in [1.165, 1.54) is 15.5 Å². The molecule has 10 nitrogen and oxygen atoms in total. The minimum absolute atomic E-state index is 0.0809. The molecule has 4 rings (SSSR count). The Morgan fingerprint density at radius 2 is 2.03 bits per heavy atom. The average Bonchev–Trinajstić information content (AvgIpc) is 3.04. The lowest BCUT2D eigenvalue weighted by Gasteiger charge is -2.38. The van der Waals surface area contributed by atoms with Gasteiger partial charge in [0, 0.05) is 51.4 Å². The molecule has 0 radical (unpaired) electrons. The van der Waals surface area contributed by atoms with Crippen molar-refractivity contribution in [3.8, 4) is 0 Å². The number of carbonyl (C=O) groups is 2. The number of urea groups is 1. The zero-order valence-corrected chi connectivity index (χ0v) is 17.2. The zero-order valence-electron chi connectivity index (χ0n) is 16.4. The summed E-state index contributed by atoms with van der Waals surface area (Å²) in [6.45, 7) is 4.70. The number of piperazine rings is 1. The fraction of sp³-hybridized carbons (Fsp3) is 0.500. The van der Waals surface area contributed by atoms with Gasteiger partial charge in [0.15, 0.2) is 0 Å². The minimum Gasteiger partial charge on any atom is -0.296 e. The van der Waals surface area contributed by atoms with Crippen molar-refractivity contribution in [2.24, 2.45) is 0 Å². The number of hydrogen-bond donors (Lipinski definition) is 1. The molecule has 0 aromatic carbocycles. The highest BCUT2D eigenvalue weighted by atomic mass is 32.2. The maximum Gasteiger partial charge on any atom is 0.328 e. The third kappa shape index (κ3) is 3.98. The van der Waals surface area contributed by atoms with Crippen LogP contribution in [0, 0.1) is 0 Å². The second kappa shape index (κ2) is 7.39. The summed E-state index contributed by atoms with van der Waals surface area (Å²) in [6.07, 6.45) is 4.97. The quantitative estimate of drug-likeness (QED) is 0.760. The van der Waals surface area contributed by atoms with Crippen LogP contribution in [0.25, 0.3) is 5.52 Å². The minimum atomic E-state index is -3.19. The van der Waals surface area contributed by atoms with Crippen LogP contribution in [0.4, 0.5) is 10.5 Å². The van der Waals surface area contributed by atoms with Crippen molar-refractivity contribution in [2.75, 3.05) is 37.3 Å². The third-order valence-electron chi connectivity index (χ3n) is 5.39. The highest BCUT2D eigenvalue weighted by molar-refractivity contribution is 7.88. The molecular weight excluding hydrogens is 396 g/mol. The molecule has 11 heteroatoms. The van der Waals surface area contributed by atoms with Crippen LogP contribution in [-0.2, 0) is 21.4 Å². The molecule has 3 amide bonds. The van der Waals surface area contributed by atoms with E-state index < -0.39 is 16.1 Å². The van der Waals surface area contributed by atoms with Crippen LogP contribution in [0.3, 0.4) is 0 Å². The summed E-state index contributed by atoms with van der Waals surface area (Å²) in [5.41, 5.74) is 2.50. The number of aromatic nitrogens is 2. The predicted molar refractivity (Wildman–Crippen MR) is 107 cm³/mol. The zero-order chi connectivity index (χ0) is 20.8. The predicted octanol–water partition coefficient (Wildman–Crippen LogP) is 0.246. The lowest BCUT2D eigenvalue weighted by Crippen LogP contribution is -2.53. The van der Waals surface area contributed by atoms with Gasteiger partial charge in [0.2, 0.25) is 15.9 Å². The number of nitrogens with one attached hydrogen (secondary N) is 1. The Hall–Kier alpha value is -2.50. The number of anilines is 1. The molecular formula is C18H24N6O4S. The van der Waals surface area contributed by atoms with Gasteiger partial charge in [-0.25, -0.2) is 17.7 Å². The van der Waals surface area contributed by atoms with Crippen molar-refractivity contribution >= 4 is 33.2 Å². The molecule has 1 N–H and O–H groups in total. The first-order valence-electron chi connectivity index (χ1n) is 9.49. The second-order valence-corrected chi connectivity index (χ2v) is 9.54. The van der Waals surface area contributed by atoms with E-state index in [0.29, 0.717) is 38.4 Å². The Kier molecular flexibility index (Phi) is 5.05. The molecule has 0 bridgehead atoms. The van der Waals surface area contributed by atoms with Gasteiger partial charge in [-0.3, -0.25) is 19.9 Å². The van der Waals surface area contributed by atoms with Gasteiger partial charge in [0.25, 0.3) is 0 Å². The third-order valence-corrected chi connectivity index (χ3v) is 6.79. The van der Waals surface area contributed by atoms with Crippen molar-refractivity contribution in [3.63, 3.8) is 0 Å². The Morgan fingerprint density at radius 3 is 2.72 bits per heavy atom. The average molecular weight is 420 g/mol. The van der Waals surface area contributed by atoms with E-state index in [-0.39, 0.29) is 18.4 Å². The summed E-state index contributed by atoms with van der Waals surface area (Å²) < 4.78 is 26.9. The van der Waals surface area contributed by atoms with E-state index in [2.05, 4.69) is 15.3 Å². The fourth-order valence-corrected chi connectivity index (χ4v) is 5.16. The van der Waals surface area contributed by atoms with Crippen molar-refractivity contribution in [1.82, 2.24) is 24.1 Å². The molecule has 29 heavy (non-hydrogen) atoms. The summed E-state index contributed by atoms with van der Waals surface area (Å²) in [5.74, 6) is -0.272. The van der Waals surface area contributed by atoms with Gasteiger partial charge in [-0.05, 0) is 24.6 Å². The van der Waals surface area contributed by atoms with E-state index >= 15 is 0 Å². The molecule has 2 aliphatic rings. The maximum atomic E-state index is 12.2. The molecule has 2 aromatic rings. The van der Waals surface area contributed by atoms with Crippen LogP contribution in [0.1, 0.15) is 18.9 Å². The molecule has 2 aliphatic heterocycles. The van der Waals surface area contributed by atoms with E-state index in [4.69, 9.17) is 0 Å². The summed E-state index contributed by atoms with van der Waals surface area (Å²) in [6, 6.07) is 3.44. The van der Waals surface area contributed by atoms with Gasteiger partial charge >= 0.3 is 6.03 Å². The van der Waals surface area contributed by atoms with Gasteiger partial charge < -0.3 is 0 Å². The lowest BCUT2D eigenvalue weighted by atomic mass is 10.1. The van der Waals surface area contributed by atoms with Crippen molar-refractivity contribution in [2.45, 2.75) is 25.9 Å². The van der Waals surface area contributed by atoms with Crippen molar-refractivity contribution in [1.29, 1.82) is 0 Å². The first kappa shape index (κ1) is 19.8. The SMILES string of the molecule is C[C@H]1CN(Cc2ccn3ncc(N4CCC(=O)NC4=O)c3c2)CCN1S(C)(=O)=O. The van der Waals surface area contributed by atoms with Crippen LogP contribution in [0.5, 0.6) is 0 Å². The van der Waals surface area contributed by atoms with Crippen LogP contribution < -0.4 is 10.2 Å². The number of amides is 3. The fourth-order valence-electron chi connectivity index (χ4n) is 4.02. The molecule has 1 atom stereocenters. The number of rotatable bonds is 4. The highest BCUT2D eigenvalue weighted by Gasteiger charge is 2.30. The molecule has 0 aliphatic carbocycles. The summed E-state index contributed by atoms with van der Waals surface area (Å²) in [5, 5.41) is 6.64. The standard InChI is InChI=1S/C18H24N6O4S/c1-13-11-21(7-8-24(13)29(2,27)28)12-14-3-6-23-15(9-14)16(10-19-23)22-5-4-17(25)20-18(22)26/h3,6,9-10,13H,4-5,7-8,11-12H2,1-2H3,(H,20,25,26)/t13-/m0/s1. The number of pyridine rings is 1. The van der Waals surface area contributed by atoms with E-state index in [0.717, 1.165) is 11.1 Å². The number of fused-ring (bicyclic) bond motifs is 1. The summed E-state index contributed by atoms with van der Waals surface area (Å²) >= 11 is 0. The van der Waals surface area contributed by atoms with E-state index in [9.17, 15) is 18.0 Å². The van der Waals surface area contributed by atoms with Crippen LogP contribution in [0.2, 0.25) is 0 Å². The Balaban J connectivity index is 1.52. The molecule has 2 aromatic heterocycles. The van der Waals surface area contributed by atoms with Gasteiger partial charge in [0.1, 0.15) is 0 Å². The highest BCUT2D eigenvalue weighted by Crippen LogP contribution is 2.25. The second-order valence-electron chi connectivity index (χ2n) is 7.61. The topological polar surface area (TPSA) is 107 Å². The number of nitrogens with zero attached hydrogens (tertiary/aromatic N) is 5. The number of hydrogen-bond acceptors (Lipinski definition) is 6. The maximum absolute atomic E-state index is 12.2. The number of carbonyl (C=O) groups excluding carboxylic acids is 2. The molecule has 2 fully saturated rings. The van der Waals surface area contributed by atoms with Crippen molar-refractivity contribution in [3.05, 3.63) is 30.1 Å². The van der Waals surface area contributed by atoms with Crippen LogP contribution in [0.15, 0.2) is 24.5 Å². The summed E-state index contributed by atoms with van der Waals surface area (Å²) in [7, 11) is -3.19. The van der Waals surface area contributed by atoms with Gasteiger partial charge in [-0.1, -0.05) is 0 Å². The number of imide groups is 1. The molecule has 2 saturated heterocycles. The first-order valence-corrected chi connectivity index (χ1v) is 11.3. The first-order chi connectivity index (χ1) is 13.7. The number of sulfonamides is 1.